The van der Waals surface area contributed by atoms with Crippen LogP contribution in [0.15, 0.2) is 12.3 Å². The summed E-state index contributed by atoms with van der Waals surface area (Å²) < 4.78 is 0. The lowest BCUT2D eigenvalue weighted by atomic mass is 9.92. The summed E-state index contributed by atoms with van der Waals surface area (Å²) in [6.07, 6.45) is 4.69. The van der Waals surface area contributed by atoms with Gasteiger partial charge in [-0.25, -0.2) is 0 Å². The Morgan fingerprint density at radius 2 is 2.00 bits per heavy atom. The van der Waals surface area contributed by atoms with Crippen LogP contribution in [0.25, 0.3) is 0 Å². The van der Waals surface area contributed by atoms with E-state index in [-0.39, 0.29) is 0 Å². The van der Waals surface area contributed by atoms with Crippen molar-refractivity contribution in [3.05, 3.63) is 29.1 Å². The molecule has 1 aliphatic heterocycles. The molecule has 16 heavy (non-hydrogen) atoms. The minimum Gasteiger partial charge on any atom is -0.301 e. The summed E-state index contributed by atoms with van der Waals surface area (Å²) in [6, 6.07) is 2.30. The second kappa shape index (κ2) is 4.17. The van der Waals surface area contributed by atoms with Gasteiger partial charge >= 0.3 is 0 Å². The van der Waals surface area contributed by atoms with Crippen molar-refractivity contribution in [3.8, 4) is 0 Å². The molecule has 2 heteroatoms. The lowest BCUT2D eigenvalue weighted by Crippen LogP contribution is -2.35. The number of rotatable bonds is 0. The summed E-state index contributed by atoms with van der Waals surface area (Å²) >= 11 is 0. The second-order valence-electron chi connectivity index (χ2n) is 4.97. The van der Waals surface area contributed by atoms with Crippen molar-refractivity contribution in [3.63, 3.8) is 0 Å². The van der Waals surface area contributed by atoms with Crippen LogP contribution in [0.4, 0.5) is 0 Å². The molecule has 1 aromatic rings. The van der Waals surface area contributed by atoms with Gasteiger partial charge in [-0.1, -0.05) is 19.9 Å². The molecule has 0 N–H and O–H groups in total. The number of nitrogens with zero attached hydrogens (tertiary/aromatic N) is 2. The van der Waals surface area contributed by atoms with Crippen LogP contribution in [0, 0.1) is 6.92 Å². The molecule has 0 amide bonds. The van der Waals surface area contributed by atoms with Crippen molar-refractivity contribution in [2.75, 3.05) is 13.6 Å². The van der Waals surface area contributed by atoms with Crippen LogP contribution >= 0.6 is 0 Å². The third-order valence-corrected chi connectivity index (χ3v) is 3.47. The number of aromatic nitrogens is 1. The zero-order valence-corrected chi connectivity index (χ0v) is 10.9. The Labute approximate surface area is 98.7 Å². The number of fused-ring (bicyclic) bond motifs is 2. The van der Waals surface area contributed by atoms with Crippen molar-refractivity contribution in [1.29, 1.82) is 0 Å². The fourth-order valence-corrected chi connectivity index (χ4v) is 2.71. The van der Waals surface area contributed by atoms with E-state index < -0.39 is 0 Å². The topological polar surface area (TPSA) is 16.1 Å². The third kappa shape index (κ3) is 1.86. The summed E-state index contributed by atoms with van der Waals surface area (Å²) in [7, 11) is 2.21. The molecule has 2 nitrogen and oxygen atoms in total. The van der Waals surface area contributed by atoms with E-state index in [1.807, 2.05) is 20.0 Å². The summed E-state index contributed by atoms with van der Waals surface area (Å²) in [6.45, 7) is 8.41. The van der Waals surface area contributed by atoms with Crippen LogP contribution < -0.4 is 0 Å². The zero-order valence-electron chi connectivity index (χ0n) is 10.9. The first-order valence-corrected chi connectivity index (χ1v) is 6.34. The molecule has 1 aliphatic carbocycles. The van der Waals surface area contributed by atoms with Gasteiger partial charge in [-0.05, 0) is 37.9 Å². The molecule has 0 unspecified atom stereocenters. The Bertz CT molecular complexity index is 380. The van der Waals surface area contributed by atoms with Crippen LogP contribution in [0.1, 0.15) is 43.5 Å². The maximum Gasteiger partial charge on any atom is 0.0523 e. The molecule has 2 heterocycles. The first-order chi connectivity index (χ1) is 7.70. The number of aryl methyl sites for hydroxylation is 1. The number of pyridine rings is 1. The van der Waals surface area contributed by atoms with Gasteiger partial charge in [0, 0.05) is 24.7 Å². The van der Waals surface area contributed by atoms with Crippen molar-refractivity contribution < 1.29 is 0 Å². The number of likely N-dealkylation sites (N-methyl/N-ethyl adjacent to an activating group) is 1. The second-order valence-corrected chi connectivity index (χ2v) is 4.97. The summed E-state index contributed by atoms with van der Waals surface area (Å²) in [5, 5.41) is 0. The third-order valence-electron chi connectivity index (χ3n) is 3.47. The molecule has 3 rings (SSSR count). The SMILES string of the molecule is CC.Cc1cnc2c(c1)CN(C)CC21CC1. The Balaban J connectivity index is 0.000000457. The molecule has 1 aromatic heterocycles. The van der Waals surface area contributed by atoms with E-state index in [9.17, 15) is 0 Å². The minimum absolute atomic E-state index is 0.441. The quantitative estimate of drug-likeness (QED) is 0.665. The molecule has 1 fully saturated rings. The summed E-state index contributed by atoms with van der Waals surface area (Å²) in [5.41, 5.74) is 4.57. The molecule has 0 bridgehead atoms. The fourth-order valence-electron chi connectivity index (χ4n) is 2.71. The molecule has 0 aromatic carbocycles. The Morgan fingerprint density at radius 1 is 1.31 bits per heavy atom. The highest BCUT2D eigenvalue weighted by atomic mass is 15.1. The van der Waals surface area contributed by atoms with Crippen molar-refractivity contribution >= 4 is 0 Å². The highest BCUT2D eigenvalue weighted by molar-refractivity contribution is 5.37. The van der Waals surface area contributed by atoms with E-state index in [0.717, 1.165) is 6.54 Å². The molecule has 1 saturated carbocycles. The zero-order chi connectivity index (χ0) is 11.8. The molecule has 0 atom stereocenters. The lowest BCUT2D eigenvalue weighted by molar-refractivity contribution is 0.267. The van der Waals surface area contributed by atoms with Gasteiger partial charge in [0.2, 0.25) is 0 Å². The van der Waals surface area contributed by atoms with Gasteiger partial charge in [0.25, 0.3) is 0 Å². The average molecular weight is 218 g/mol. The summed E-state index contributed by atoms with van der Waals surface area (Å²) in [4.78, 5) is 7.07. The van der Waals surface area contributed by atoms with E-state index in [1.165, 1.54) is 36.2 Å². The Kier molecular flexibility index (Phi) is 3.02. The number of hydrogen-bond acceptors (Lipinski definition) is 2. The Morgan fingerprint density at radius 3 is 2.62 bits per heavy atom. The number of hydrogen-bond donors (Lipinski definition) is 0. The van der Waals surface area contributed by atoms with Crippen LogP contribution in [-0.4, -0.2) is 23.5 Å². The van der Waals surface area contributed by atoms with E-state index in [0.29, 0.717) is 5.41 Å². The van der Waals surface area contributed by atoms with Gasteiger partial charge in [0.05, 0.1) is 5.69 Å². The van der Waals surface area contributed by atoms with E-state index >= 15 is 0 Å². The van der Waals surface area contributed by atoms with E-state index in [4.69, 9.17) is 0 Å². The molecular weight excluding hydrogens is 196 g/mol. The largest absolute Gasteiger partial charge is 0.301 e. The first kappa shape index (κ1) is 11.6. The van der Waals surface area contributed by atoms with Gasteiger partial charge in [0.1, 0.15) is 0 Å². The molecule has 0 radical (unpaired) electrons. The van der Waals surface area contributed by atoms with Gasteiger partial charge in [-0.15, -0.1) is 0 Å². The van der Waals surface area contributed by atoms with Gasteiger partial charge in [-0.3, -0.25) is 4.98 Å². The molecule has 0 saturated heterocycles. The Hall–Kier alpha value is -0.890. The van der Waals surface area contributed by atoms with Crippen molar-refractivity contribution in [1.82, 2.24) is 9.88 Å². The van der Waals surface area contributed by atoms with Gasteiger partial charge in [-0.2, -0.15) is 0 Å². The molecule has 88 valence electrons. The smallest absolute Gasteiger partial charge is 0.0523 e. The monoisotopic (exact) mass is 218 g/mol. The van der Waals surface area contributed by atoms with Gasteiger partial charge in [0.15, 0.2) is 0 Å². The highest BCUT2D eigenvalue weighted by Gasteiger charge is 2.49. The summed E-state index contributed by atoms with van der Waals surface area (Å²) in [5.74, 6) is 0. The average Bonchev–Trinajstić information content (AvgIpc) is 3.00. The molecule has 2 aliphatic rings. The lowest BCUT2D eigenvalue weighted by Gasteiger charge is -2.31. The predicted molar refractivity (Wildman–Crippen MR) is 67.6 cm³/mol. The fraction of sp³-hybridized carbons (Fsp3) is 0.643. The highest BCUT2D eigenvalue weighted by Crippen LogP contribution is 2.51. The normalized spacial score (nSPS) is 21.0. The maximum absolute atomic E-state index is 4.64. The predicted octanol–water partition coefficient (Wildman–Crippen LogP) is 2.89. The molecule has 1 spiro atoms. The van der Waals surface area contributed by atoms with Crippen LogP contribution in [0.5, 0.6) is 0 Å². The standard InChI is InChI=1S/C12H16N2.C2H6/c1-9-5-10-7-14(2)8-12(3-4-12)11(10)13-6-9;1-2/h5-6H,3-4,7-8H2,1-2H3;1-2H3. The van der Waals surface area contributed by atoms with E-state index in [1.54, 1.807) is 0 Å². The van der Waals surface area contributed by atoms with Crippen LogP contribution in [0.3, 0.4) is 0 Å². The minimum atomic E-state index is 0.441. The molecular formula is C14H22N2. The first-order valence-electron chi connectivity index (χ1n) is 6.34. The van der Waals surface area contributed by atoms with Crippen molar-refractivity contribution in [2.45, 2.75) is 45.6 Å². The van der Waals surface area contributed by atoms with Crippen molar-refractivity contribution in [2.24, 2.45) is 0 Å². The van der Waals surface area contributed by atoms with E-state index in [2.05, 4.69) is 29.9 Å². The van der Waals surface area contributed by atoms with Crippen LogP contribution in [-0.2, 0) is 12.0 Å². The van der Waals surface area contributed by atoms with Crippen LogP contribution in [0.2, 0.25) is 0 Å². The maximum atomic E-state index is 4.64. The van der Waals surface area contributed by atoms with Gasteiger partial charge < -0.3 is 4.90 Å².